The molecule has 1 saturated heterocycles. The fraction of sp³-hybridized carbons (Fsp3) is 0.381. The van der Waals surface area contributed by atoms with Gasteiger partial charge in [-0.3, -0.25) is 4.79 Å². The Bertz CT molecular complexity index is 1140. The Labute approximate surface area is 193 Å². The highest BCUT2D eigenvalue weighted by Crippen LogP contribution is 2.52. The Hall–Kier alpha value is -1.97. The molecule has 172 valence electrons. The van der Waals surface area contributed by atoms with Gasteiger partial charge in [0.15, 0.2) is 0 Å². The largest absolute Gasteiger partial charge is 0.534 e. The fourth-order valence-corrected chi connectivity index (χ4v) is 5.68. The van der Waals surface area contributed by atoms with Gasteiger partial charge in [0, 0.05) is 28.6 Å². The number of nitrogens with one attached hydrogen (secondary N) is 1. The van der Waals surface area contributed by atoms with Gasteiger partial charge >= 0.3 is 15.6 Å². The van der Waals surface area contributed by atoms with Crippen LogP contribution in [0.15, 0.2) is 42.5 Å². The SMILES string of the molecule is O=C1NC[C@H]2[C@@H](c3ccc(Cl)cc3)[C@H](c3ccc(OS(=O)(=O)C(F)(F)F)cc3Cl)CC[C@@H]12. The van der Waals surface area contributed by atoms with Crippen LogP contribution in [0.4, 0.5) is 13.2 Å². The van der Waals surface area contributed by atoms with E-state index in [4.69, 9.17) is 23.2 Å². The zero-order valence-corrected chi connectivity index (χ0v) is 18.7. The lowest BCUT2D eigenvalue weighted by Crippen LogP contribution is -2.32. The molecule has 2 aromatic carbocycles. The standard InChI is InChI=1S/C21H18Cl2F3NO4S/c22-12-3-1-11(2-4-12)19-15(7-8-16-17(19)10-27-20(16)28)14-6-5-13(9-18(14)23)31-32(29,30)21(24,25)26/h1-6,9,15-17,19H,7-8,10H2,(H,27,28)/t15-,16+,17+,19-/m0/s1. The lowest BCUT2D eigenvalue weighted by atomic mass is 9.63. The van der Waals surface area contributed by atoms with E-state index >= 15 is 0 Å². The molecular formula is C21H18Cl2F3NO4S. The van der Waals surface area contributed by atoms with E-state index in [1.165, 1.54) is 6.07 Å². The molecule has 1 aliphatic heterocycles. The summed E-state index contributed by atoms with van der Waals surface area (Å²) in [6.45, 7) is 0.510. The smallest absolute Gasteiger partial charge is 0.376 e. The van der Waals surface area contributed by atoms with Crippen molar-refractivity contribution in [1.29, 1.82) is 0 Å². The first kappa shape index (κ1) is 23.2. The first-order valence-electron chi connectivity index (χ1n) is 9.81. The van der Waals surface area contributed by atoms with Crippen molar-refractivity contribution in [2.24, 2.45) is 11.8 Å². The second-order valence-corrected chi connectivity index (χ2v) is 10.3. The molecule has 2 fully saturated rings. The molecule has 1 N–H and O–H groups in total. The van der Waals surface area contributed by atoms with Gasteiger partial charge in [-0.25, -0.2) is 0 Å². The minimum Gasteiger partial charge on any atom is -0.376 e. The average molecular weight is 508 g/mol. The number of halogens is 5. The van der Waals surface area contributed by atoms with E-state index in [2.05, 4.69) is 9.50 Å². The zero-order chi connectivity index (χ0) is 23.3. The molecule has 0 spiro atoms. The predicted octanol–water partition coefficient (Wildman–Crippen LogP) is 5.25. The number of carbonyl (C=O) groups is 1. The Morgan fingerprint density at radius 2 is 1.66 bits per heavy atom. The van der Waals surface area contributed by atoms with Crippen molar-refractivity contribution in [3.8, 4) is 5.75 Å². The van der Waals surface area contributed by atoms with Gasteiger partial charge in [0.1, 0.15) is 5.75 Å². The monoisotopic (exact) mass is 507 g/mol. The maximum absolute atomic E-state index is 12.6. The van der Waals surface area contributed by atoms with Crippen molar-refractivity contribution < 1.29 is 30.6 Å². The molecule has 2 aliphatic rings. The van der Waals surface area contributed by atoms with Crippen LogP contribution in [0.2, 0.25) is 10.0 Å². The summed E-state index contributed by atoms with van der Waals surface area (Å²) in [5.41, 5.74) is -3.92. The van der Waals surface area contributed by atoms with Crippen LogP contribution < -0.4 is 9.50 Å². The summed E-state index contributed by atoms with van der Waals surface area (Å²) in [5, 5.41) is 3.59. The molecule has 0 unspecified atom stereocenters. The molecule has 11 heteroatoms. The Kier molecular flexibility index (Phi) is 6.11. The number of hydrogen-bond donors (Lipinski definition) is 1. The van der Waals surface area contributed by atoms with Gasteiger partial charge in [-0.1, -0.05) is 41.4 Å². The van der Waals surface area contributed by atoms with Gasteiger partial charge in [0.2, 0.25) is 5.91 Å². The summed E-state index contributed by atoms with van der Waals surface area (Å²) in [5.74, 6) is -0.852. The van der Waals surface area contributed by atoms with Gasteiger partial charge < -0.3 is 9.50 Å². The third kappa shape index (κ3) is 4.30. The van der Waals surface area contributed by atoms with Gasteiger partial charge in [-0.15, -0.1) is 0 Å². The van der Waals surface area contributed by atoms with Crippen LogP contribution >= 0.6 is 23.2 Å². The van der Waals surface area contributed by atoms with Crippen LogP contribution in [-0.2, 0) is 14.9 Å². The highest BCUT2D eigenvalue weighted by molar-refractivity contribution is 7.88. The maximum atomic E-state index is 12.6. The van der Waals surface area contributed by atoms with Crippen molar-refractivity contribution in [3.63, 3.8) is 0 Å². The summed E-state index contributed by atoms with van der Waals surface area (Å²) in [6, 6.07) is 11.0. The third-order valence-electron chi connectivity index (χ3n) is 6.16. The number of hydrogen-bond acceptors (Lipinski definition) is 4. The average Bonchev–Trinajstić information content (AvgIpc) is 3.08. The topological polar surface area (TPSA) is 72.5 Å². The van der Waals surface area contributed by atoms with Crippen LogP contribution in [0.5, 0.6) is 5.75 Å². The minimum absolute atomic E-state index is 0.0135. The molecule has 0 aromatic heterocycles. The van der Waals surface area contributed by atoms with E-state index < -0.39 is 21.4 Å². The highest BCUT2D eigenvalue weighted by atomic mass is 35.5. The van der Waals surface area contributed by atoms with Crippen LogP contribution in [0.3, 0.4) is 0 Å². The number of benzene rings is 2. The van der Waals surface area contributed by atoms with Gasteiger partial charge in [0.05, 0.1) is 0 Å². The Balaban J connectivity index is 1.69. The summed E-state index contributed by atoms with van der Waals surface area (Å²) >= 11 is 12.4. The Morgan fingerprint density at radius 3 is 2.28 bits per heavy atom. The molecule has 4 rings (SSSR count). The molecular weight excluding hydrogens is 490 g/mol. The van der Waals surface area contributed by atoms with Crippen molar-refractivity contribution in [3.05, 3.63) is 63.6 Å². The first-order valence-corrected chi connectivity index (χ1v) is 12.0. The van der Waals surface area contributed by atoms with E-state index in [0.29, 0.717) is 30.0 Å². The van der Waals surface area contributed by atoms with Crippen molar-refractivity contribution >= 4 is 39.2 Å². The molecule has 1 aliphatic carbocycles. The van der Waals surface area contributed by atoms with E-state index in [9.17, 15) is 26.4 Å². The summed E-state index contributed by atoms with van der Waals surface area (Å²) < 4.78 is 64.7. The van der Waals surface area contributed by atoms with Crippen molar-refractivity contribution in [1.82, 2.24) is 5.32 Å². The van der Waals surface area contributed by atoms with Crippen LogP contribution in [0.1, 0.15) is 35.8 Å². The second kappa shape index (κ2) is 8.43. The summed E-state index contributed by atoms with van der Waals surface area (Å²) in [6.07, 6.45) is 1.27. The molecule has 0 bridgehead atoms. The molecule has 4 atom stereocenters. The zero-order valence-electron chi connectivity index (χ0n) is 16.4. The molecule has 0 radical (unpaired) electrons. The number of rotatable bonds is 4. The van der Waals surface area contributed by atoms with Crippen LogP contribution in [-0.4, -0.2) is 26.4 Å². The normalized spacial score (nSPS) is 25.8. The highest BCUT2D eigenvalue weighted by Gasteiger charge is 2.49. The lowest BCUT2D eigenvalue weighted by Gasteiger charge is -2.40. The van der Waals surface area contributed by atoms with Gasteiger partial charge in [0.25, 0.3) is 0 Å². The number of fused-ring (bicyclic) bond motifs is 1. The molecule has 1 amide bonds. The maximum Gasteiger partial charge on any atom is 0.534 e. The number of amides is 1. The summed E-state index contributed by atoms with van der Waals surface area (Å²) in [4.78, 5) is 12.3. The quantitative estimate of drug-likeness (QED) is 0.453. The second-order valence-electron chi connectivity index (χ2n) is 7.94. The van der Waals surface area contributed by atoms with Crippen molar-refractivity contribution in [2.75, 3.05) is 6.54 Å². The van der Waals surface area contributed by atoms with Crippen LogP contribution in [0, 0.1) is 11.8 Å². The molecule has 2 aromatic rings. The lowest BCUT2D eigenvalue weighted by molar-refractivity contribution is -0.123. The molecule has 1 saturated carbocycles. The van der Waals surface area contributed by atoms with E-state index in [1.807, 2.05) is 12.1 Å². The molecule has 5 nitrogen and oxygen atoms in total. The van der Waals surface area contributed by atoms with E-state index in [-0.39, 0.29) is 34.6 Å². The Morgan fingerprint density at radius 1 is 1.00 bits per heavy atom. The van der Waals surface area contributed by atoms with Crippen molar-refractivity contribution in [2.45, 2.75) is 30.2 Å². The fourth-order valence-electron chi connectivity index (χ4n) is 4.79. The number of carbonyl (C=O) groups excluding carboxylic acids is 1. The molecule has 1 heterocycles. The minimum atomic E-state index is -5.80. The van der Waals surface area contributed by atoms with E-state index in [0.717, 1.165) is 17.7 Å². The summed E-state index contributed by atoms with van der Waals surface area (Å²) in [7, 11) is -5.80. The third-order valence-corrected chi connectivity index (χ3v) is 7.72. The van der Waals surface area contributed by atoms with E-state index in [1.54, 1.807) is 12.1 Å². The van der Waals surface area contributed by atoms with Gasteiger partial charge in [-0.05, 0) is 59.9 Å². The van der Waals surface area contributed by atoms with Crippen LogP contribution in [0.25, 0.3) is 0 Å². The molecule has 32 heavy (non-hydrogen) atoms. The first-order chi connectivity index (χ1) is 15.0. The number of alkyl halides is 3. The van der Waals surface area contributed by atoms with Gasteiger partial charge in [-0.2, -0.15) is 21.6 Å². The predicted molar refractivity (Wildman–Crippen MR) is 113 cm³/mol.